The summed E-state index contributed by atoms with van der Waals surface area (Å²) in [4.78, 5) is 24.2. The number of aromatic nitrogens is 1. The number of ether oxygens (including phenoxy) is 2. The van der Waals surface area contributed by atoms with Gasteiger partial charge in [0.25, 0.3) is 0 Å². The van der Waals surface area contributed by atoms with Crippen molar-refractivity contribution < 1.29 is 36.2 Å². The van der Waals surface area contributed by atoms with E-state index >= 15 is 0 Å². The van der Waals surface area contributed by atoms with Crippen LogP contribution in [0.4, 0.5) is 22.0 Å². The Morgan fingerprint density at radius 1 is 1.27 bits per heavy atom. The van der Waals surface area contributed by atoms with E-state index in [9.17, 15) is 31.5 Å². The minimum absolute atomic E-state index is 0.432. The van der Waals surface area contributed by atoms with Crippen LogP contribution in [0.15, 0.2) is 17.1 Å². The molecule has 10 heteroatoms. The maximum atomic E-state index is 14.0. The van der Waals surface area contributed by atoms with Crippen LogP contribution in [0.2, 0.25) is 0 Å². The van der Waals surface area contributed by atoms with Gasteiger partial charge in [0.05, 0.1) is 25.1 Å². The van der Waals surface area contributed by atoms with Crippen LogP contribution in [0.5, 0.6) is 5.75 Å². The number of fused-ring (bicyclic) bond motifs is 1. The van der Waals surface area contributed by atoms with Gasteiger partial charge in [-0.3, -0.25) is 4.79 Å². The summed E-state index contributed by atoms with van der Waals surface area (Å²) in [6.45, 7) is 1.21. The molecule has 0 unspecified atom stereocenters. The second-order valence-corrected chi connectivity index (χ2v) is 5.34. The molecule has 26 heavy (non-hydrogen) atoms. The first kappa shape index (κ1) is 19.7. The maximum Gasteiger partial charge on any atom is 0.409 e. The molecule has 142 valence electrons. The van der Waals surface area contributed by atoms with Crippen LogP contribution in [0.1, 0.15) is 29.7 Å². The molecule has 0 amide bonds. The van der Waals surface area contributed by atoms with E-state index < -0.39 is 63.9 Å². The molecular formula is C16H14F5NO4. The molecule has 2 aromatic rings. The first-order valence-electron chi connectivity index (χ1n) is 7.34. The fourth-order valence-electron chi connectivity index (χ4n) is 2.70. The lowest BCUT2D eigenvalue weighted by atomic mass is 10.1. The van der Waals surface area contributed by atoms with Crippen LogP contribution in [0.3, 0.4) is 0 Å². The zero-order chi connectivity index (χ0) is 19.8. The van der Waals surface area contributed by atoms with E-state index in [1.165, 1.54) is 6.92 Å². The fourth-order valence-corrected chi connectivity index (χ4v) is 2.70. The fraction of sp³-hybridized carbons (Fsp3) is 0.375. The van der Waals surface area contributed by atoms with Crippen LogP contribution in [0, 0.1) is 11.6 Å². The number of esters is 1. The molecule has 0 spiro atoms. The normalized spacial score (nSPS) is 12.9. The number of pyridine rings is 1. The molecule has 0 saturated carbocycles. The third-order valence-corrected chi connectivity index (χ3v) is 3.88. The molecule has 0 aliphatic rings. The Bertz CT molecular complexity index is 920. The minimum atomic E-state index is -4.79. The highest BCUT2D eigenvalue weighted by Crippen LogP contribution is 2.38. The third-order valence-electron chi connectivity index (χ3n) is 3.88. The van der Waals surface area contributed by atoms with E-state index in [4.69, 9.17) is 4.74 Å². The summed E-state index contributed by atoms with van der Waals surface area (Å²) in [6, 6.07) is -1.78. The van der Waals surface area contributed by atoms with E-state index in [0.29, 0.717) is 16.8 Å². The van der Waals surface area contributed by atoms with Crippen molar-refractivity contribution in [3.63, 3.8) is 0 Å². The Labute approximate surface area is 143 Å². The summed E-state index contributed by atoms with van der Waals surface area (Å²) in [7, 11) is 1.86. The molecule has 5 nitrogen and oxygen atoms in total. The average molecular weight is 379 g/mol. The number of nitrogens with zero attached hydrogens (tertiary/aromatic N) is 1. The van der Waals surface area contributed by atoms with Gasteiger partial charge in [-0.05, 0) is 12.5 Å². The molecule has 0 bridgehead atoms. The van der Waals surface area contributed by atoms with Crippen LogP contribution in [-0.4, -0.2) is 30.9 Å². The number of hydrogen-bond donors (Lipinski definition) is 0. The van der Waals surface area contributed by atoms with Crippen molar-refractivity contribution in [2.75, 3.05) is 14.2 Å². The Morgan fingerprint density at radius 3 is 2.35 bits per heavy atom. The van der Waals surface area contributed by atoms with Crippen molar-refractivity contribution in [1.29, 1.82) is 0 Å². The molecule has 1 aromatic heterocycles. The Kier molecular flexibility index (Phi) is 5.24. The number of carbonyl (C=O) groups excluding carboxylic acids is 1. The van der Waals surface area contributed by atoms with E-state index in [0.717, 1.165) is 14.2 Å². The van der Waals surface area contributed by atoms with Crippen molar-refractivity contribution in [2.45, 2.75) is 25.6 Å². The minimum Gasteiger partial charge on any atom is -0.491 e. The maximum absolute atomic E-state index is 14.0. The summed E-state index contributed by atoms with van der Waals surface area (Å²) in [5.41, 5.74) is -2.44. The number of alkyl halides is 3. The van der Waals surface area contributed by atoms with E-state index in [-0.39, 0.29) is 0 Å². The van der Waals surface area contributed by atoms with Gasteiger partial charge in [-0.25, -0.2) is 9.18 Å². The summed E-state index contributed by atoms with van der Waals surface area (Å²) in [5.74, 6) is -5.11. The van der Waals surface area contributed by atoms with Crippen molar-refractivity contribution in [2.24, 2.45) is 0 Å². The van der Waals surface area contributed by atoms with E-state index in [1.54, 1.807) is 0 Å². The van der Waals surface area contributed by atoms with Gasteiger partial charge >= 0.3 is 12.1 Å². The van der Waals surface area contributed by atoms with Gasteiger partial charge in [0, 0.05) is 6.20 Å². The molecule has 1 heterocycles. The Morgan fingerprint density at radius 2 is 1.88 bits per heavy atom. The summed E-state index contributed by atoms with van der Waals surface area (Å²) in [5, 5.41) is -0.633. The quantitative estimate of drug-likeness (QED) is 0.602. The largest absolute Gasteiger partial charge is 0.491 e. The molecule has 0 fully saturated rings. The lowest BCUT2D eigenvalue weighted by Crippen LogP contribution is -2.30. The van der Waals surface area contributed by atoms with Crippen LogP contribution >= 0.6 is 0 Å². The van der Waals surface area contributed by atoms with Crippen molar-refractivity contribution in [3.8, 4) is 5.75 Å². The predicted molar refractivity (Wildman–Crippen MR) is 81.4 cm³/mol. The molecule has 0 N–H and O–H groups in total. The van der Waals surface area contributed by atoms with Crippen LogP contribution < -0.4 is 10.2 Å². The number of methoxy groups -OCH3 is 2. The first-order chi connectivity index (χ1) is 12.1. The molecule has 1 aromatic carbocycles. The zero-order valence-corrected chi connectivity index (χ0v) is 13.9. The van der Waals surface area contributed by atoms with Gasteiger partial charge in [0.15, 0.2) is 11.6 Å². The molecular weight excluding hydrogens is 365 g/mol. The Hall–Kier alpha value is -2.65. The first-order valence-corrected chi connectivity index (χ1v) is 7.34. The topological polar surface area (TPSA) is 57.5 Å². The number of rotatable bonds is 4. The van der Waals surface area contributed by atoms with Gasteiger partial charge in [-0.2, -0.15) is 17.6 Å². The van der Waals surface area contributed by atoms with Gasteiger partial charge in [-0.1, -0.05) is 6.92 Å². The number of hydrogen-bond acceptors (Lipinski definition) is 4. The lowest BCUT2D eigenvalue weighted by Gasteiger charge is -2.25. The molecule has 0 aliphatic carbocycles. The van der Waals surface area contributed by atoms with Crippen molar-refractivity contribution in [3.05, 3.63) is 39.7 Å². The second-order valence-electron chi connectivity index (χ2n) is 5.34. The van der Waals surface area contributed by atoms with Crippen molar-refractivity contribution >= 4 is 16.9 Å². The number of benzene rings is 1. The molecule has 0 saturated heterocycles. The van der Waals surface area contributed by atoms with Crippen LogP contribution in [-0.2, 0) is 4.74 Å². The number of carbonyl (C=O) groups is 1. The summed E-state index contributed by atoms with van der Waals surface area (Å²) in [6.07, 6.45) is -4.66. The predicted octanol–water partition coefficient (Wildman–Crippen LogP) is 3.59. The second kappa shape index (κ2) is 6.93. The summed E-state index contributed by atoms with van der Waals surface area (Å²) >= 11 is 0. The molecule has 0 aliphatic heterocycles. The highest BCUT2D eigenvalue weighted by atomic mass is 19.4. The smallest absolute Gasteiger partial charge is 0.409 e. The SMILES string of the molecule is CC[C@@H](n1cc(C(=O)OC)c(=O)c2cc(F)c(F)c(OC)c21)C(F)(F)F. The Balaban J connectivity index is 3.10. The van der Waals surface area contributed by atoms with Crippen molar-refractivity contribution in [1.82, 2.24) is 4.57 Å². The van der Waals surface area contributed by atoms with Crippen LogP contribution in [0.25, 0.3) is 10.9 Å². The van der Waals surface area contributed by atoms with Gasteiger partial charge < -0.3 is 14.0 Å². The highest BCUT2D eigenvalue weighted by molar-refractivity contribution is 5.95. The zero-order valence-electron chi connectivity index (χ0n) is 13.9. The summed E-state index contributed by atoms with van der Waals surface area (Å²) < 4.78 is 77.8. The lowest BCUT2D eigenvalue weighted by molar-refractivity contribution is -0.167. The standard InChI is InChI=1S/C16H14F5NO4/c1-4-10(16(19,20)21)22-6-8(15(24)26-3)13(23)7-5-9(17)11(18)14(25-2)12(7)22/h5-6,10H,4H2,1-3H3/t10-/m1/s1. The molecule has 2 rings (SSSR count). The van der Waals surface area contributed by atoms with Gasteiger partial charge in [0.2, 0.25) is 11.2 Å². The molecule has 0 radical (unpaired) electrons. The van der Waals surface area contributed by atoms with E-state index in [1.807, 2.05) is 0 Å². The van der Waals surface area contributed by atoms with Gasteiger partial charge in [0.1, 0.15) is 11.6 Å². The third kappa shape index (κ3) is 3.11. The number of halogens is 5. The van der Waals surface area contributed by atoms with Gasteiger partial charge in [-0.15, -0.1) is 0 Å². The average Bonchev–Trinajstić information content (AvgIpc) is 2.57. The van der Waals surface area contributed by atoms with E-state index in [2.05, 4.69) is 4.74 Å². The monoisotopic (exact) mass is 379 g/mol. The highest BCUT2D eigenvalue weighted by Gasteiger charge is 2.41. The molecule has 1 atom stereocenters.